The van der Waals surface area contributed by atoms with E-state index in [0.29, 0.717) is 24.5 Å². The molecule has 1 aliphatic rings. The maximum Gasteiger partial charge on any atom is 0.322 e. The smallest absolute Gasteiger partial charge is 0.322 e. The molecule has 1 aromatic carbocycles. The number of hydrogen-bond acceptors (Lipinski definition) is 7. The van der Waals surface area contributed by atoms with Crippen LogP contribution in [-0.4, -0.2) is 45.4 Å². The molecule has 8 nitrogen and oxygen atoms in total. The first-order valence-electron chi connectivity index (χ1n) is 11.2. The first kappa shape index (κ1) is 21.4. The van der Waals surface area contributed by atoms with Gasteiger partial charge in [-0.3, -0.25) is 0 Å². The first-order chi connectivity index (χ1) is 15.0. The second-order valence-electron chi connectivity index (χ2n) is 8.28. The third-order valence-corrected chi connectivity index (χ3v) is 5.54. The second-order valence-corrected chi connectivity index (χ2v) is 8.28. The van der Waals surface area contributed by atoms with Gasteiger partial charge in [0.05, 0.1) is 18.8 Å². The molecule has 2 atom stereocenters. The van der Waals surface area contributed by atoms with Crippen molar-refractivity contribution in [3.8, 4) is 11.8 Å². The molecule has 8 heteroatoms. The molecule has 3 aromatic rings. The number of nitrogens with zero attached hydrogens (tertiary/aromatic N) is 4. The van der Waals surface area contributed by atoms with Gasteiger partial charge in [-0.2, -0.15) is 19.6 Å². The number of nitrogens with one attached hydrogen (secondary N) is 2. The van der Waals surface area contributed by atoms with Crippen molar-refractivity contribution in [1.82, 2.24) is 24.9 Å². The summed E-state index contributed by atoms with van der Waals surface area (Å²) in [5.74, 6) is 1.77. The van der Waals surface area contributed by atoms with E-state index in [1.54, 1.807) is 4.52 Å². The van der Waals surface area contributed by atoms with Crippen LogP contribution in [0, 0.1) is 0 Å². The van der Waals surface area contributed by atoms with Gasteiger partial charge < -0.3 is 20.1 Å². The van der Waals surface area contributed by atoms with E-state index in [1.807, 2.05) is 31.3 Å². The highest BCUT2D eigenvalue weighted by Gasteiger charge is 2.21. The SMILES string of the molecule is CCOc1cccc(C(C)Nc2nc(OC3CCCNC3)nc3c(C(C)C)cnn23)c1. The van der Waals surface area contributed by atoms with Crippen LogP contribution in [-0.2, 0) is 0 Å². The van der Waals surface area contributed by atoms with Crippen LogP contribution in [0.25, 0.3) is 5.65 Å². The standard InChI is InChI=1S/C23H32N6O2/c1-5-30-18-9-6-8-17(12-18)16(4)26-22-28-23(31-19-10-7-11-24-13-19)27-21-20(15(2)3)14-25-29(21)22/h6,8-9,12,14-16,19,24H,5,7,10-11,13H2,1-4H3,(H,26,27,28). The lowest BCUT2D eigenvalue weighted by Crippen LogP contribution is -2.37. The van der Waals surface area contributed by atoms with E-state index in [1.165, 1.54) is 0 Å². The summed E-state index contributed by atoms with van der Waals surface area (Å²) in [6, 6.07) is 8.48. The highest BCUT2D eigenvalue weighted by Crippen LogP contribution is 2.27. The Balaban J connectivity index is 1.65. The van der Waals surface area contributed by atoms with Crippen LogP contribution in [0.3, 0.4) is 0 Å². The Morgan fingerprint density at radius 3 is 2.87 bits per heavy atom. The van der Waals surface area contributed by atoms with Crippen LogP contribution >= 0.6 is 0 Å². The van der Waals surface area contributed by atoms with Gasteiger partial charge in [0, 0.05) is 12.1 Å². The van der Waals surface area contributed by atoms with Crippen LogP contribution in [0.4, 0.5) is 5.95 Å². The van der Waals surface area contributed by atoms with Gasteiger partial charge in [-0.05, 0) is 56.8 Å². The first-order valence-corrected chi connectivity index (χ1v) is 11.2. The second kappa shape index (κ2) is 9.51. The van der Waals surface area contributed by atoms with Crippen molar-refractivity contribution in [2.45, 2.75) is 58.6 Å². The summed E-state index contributed by atoms with van der Waals surface area (Å²) in [5.41, 5.74) is 2.96. The highest BCUT2D eigenvalue weighted by molar-refractivity contribution is 5.53. The summed E-state index contributed by atoms with van der Waals surface area (Å²) in [6.45, 7) is 10.8. The summed E-state index contributed by atoms with van der Waals surface area (Å²) in [7, 11) is 0. The fraction of sp³-hybridized carbons (Fsp3) is 0.522. The average molecular weight is 425 g/mol. The Morgan fingerprint density at radius 2 is 2.13 bits per heavy atom. The van der Waals surface area contributed by atoms with E-state index in [-0.39, 0.29) is 12.1 Å². The minimum Gasteiger partial charge on any atom is -0.494 e. The van der Waals surface area contributed by atoms with Crippen molar-refractivity contribution in [3.63, 3.8) is 0 Å². The van der Waals surface area contributed by atoms with Gasteiger partial charge in [-0.25, -0.2) is 0 Å². The molecule has 0 amide bonds. The third-order valence-electron chi connectivity index (χ3n) is 5.54. The molecule has 0 spiro atoms. The molecule has 31 heavy (non-hydrogen) atoms. The number of anilines is 1. The zero-order chi connectivity index (χ0) is 21.8. The fourth-order valence-electron chi connectivity index (χ4n) is 3.82. The summed E-state index contributed by atoms with van der Waals surface area (Å²) in [6.07, 6.45) is 4.04. The lowest BCUT2D eigenvalue weighted by Gasteiger charge is -2.23. The van der Waals surface area contributed by atoms with Crippen molar-refractivity contribution in [1.29, 1.82) is 0 Å². The largest absolute Gasteiger partial charge is 0.494 e. The fourth-order valence-corrected chi connectivity index (χ4v) is 3.82. The minimum atomic E-state index is -0.00518. The molecule has 0 radical (unpaired) electrons. The van der Waals surface area contributed by atoms with E-state index in [4.69, 9.17) is 14.5 Å². The third kappa shape index (κ3) is 4.90. The molecule has 2 aromatic heterocycles. The van der Waals surface area contributed by atoms with Gasteiger partial charge in [0.15, 0.2) is 5.65 Å². The lowest BCUT2D eigenvalue weighted by atomic mass is 10.1. The molecule has 2 unspecified atom stereocenters. The molecule has 1 aliphatic heterocycles. The molecule has 166 valence electrons. The predicted molar refractivity (Wildman–Crippen MR) is 121 cm³/mol. The predicted octanol–water partition coefficient (Wildman–Crippen LogP) is 3.95. The van der Waals surface area contributed by atoms with Gasteiger partial charge in [-0.15, -0.1) is 0 Å². The molecule has 2 N–H and O–H groups in total. The van der Waals surface area contributed by atoms with Crippen LogP contribution in [0.15, 0.2) is 30.5 Å². The molecule has 0 aliphatic carbocycles. The maximum absolute atomic E-state index is 6.16. The van der Waals surface area contributed by atoms with E-state index < -0.39 is 0 Å². The topological polar surface area (TPSA) is 85.6 Å². The summed E-state index contributed by atoms with van der Waals surface area (Å²) >= 11 is 0. The molecular formula is C23H32N6O2. The maximum atomic E-state index is 6.16. The lowest BCUT2D eigenvalue weighted by molar-refractivity contribution is 0.153. The number of fused-ring (bicyclic) bond motifs is 1. The van der Waals surface area contributed by atoms with Gasteiger partial charge in [0.2, 0.25) is 5.95 Å². The number of hydrogen-bond donors (Lipinski definition) is 2. The Labute approximate surface area is 183 Å². The zero-order valence-corrected chi connectivity index (χ0v) is 18.8. The van der Waals surface area contributed by atoms with Crippen molar-refractivity contribution in [3.05, 3.63) is 41.6 Å². The molecular weight excluding hydrogens is 392 g/mol. The van der Waals surface area contributed by atoms with Gasteiger partial charge in [0.1, 0.15) is 11.9 Å². The van der Waals surface area contributed by atoms with Gasteiger partial charge in [0.25, 0.3) is 0 Å². The molecule has 1 fully saturated rings. The molecule has 1 saturated heterocycles. The number of ether oxygens (including phenoxy) is 2. The zero-order valence-electron chi connectivity index (χ0n) is 18.8. The Morgan fingerprint density at radius 1 is 1.26 bits per heavy atom. The Kier molecular flexibility index (Phi) is 6.56. The Hall–Kier alpha value is -2.87. The number of aromatic nitrogens is 4. The highest BCUT2D eigenvalue weighted by atomic mass is 16.5. The van der Waals surface area contributed by atoms with E-state index >= 15 is 0 Å². The van der Waals surface area contributed by atoms with E-state index in [2.05, 4.69) is 47.6 Å². The number of benzene rings is 1. The monoisotopic (exact) mass is 424 g/mol. The number of rotatable bonds is 8. The van der Waals surface area contributed by atoms with E-state index in [0.717, 1.165) is 48.5 Å². The van der Waals surface area contributed by atoms with E-state index in [9.17, 15) is 0 Å². The van der Waals surface area contributed by atoms with Crippen molar-refractivity contribution in [2.75, 3.05) is 25.0 Å². The quantitative estimate of drug-likeness (QED) is 0.566. The summed E-state index contributed by atoms with van der Waals surface area (Å²) in [5, 5.41) is 11.4. The molecule has 4 rings (SSSR count). The minimum absolute atomic E-state index is 0.00518. The number of piperidine rings is 1. The van der Waals surface area contributed by atoms with Crippen molar-refractivity contribution >= 4 is 11.6 Å². The molecule has 0 saturated carbocycles. The van der Waals surface area contributed by atoms with Crippen molar-refractivity contribution < 1.29 is 9.47 Å². The molecule has 3 heterocycles. The summed E-state index contributed by atoms with van der Waals surface area (Å²) in [4.78, 5) is 9.40. The van der Waals surface area contributed by atoms with Gasteiger partial charge >= 0.3 is 6.01 Å². The van der Waals surface area contributed by atoms with Crippen LogP contribution < -0.4 is 20.1 Å². The Bertz CT molecular complexity index is 1010. The van der Waals surface area contributed by atoms with Gasteiger partial charge in [-0.1, -0.05) is 26.0 Å². The summed E-state index contributed by atoms with van der Waals surface area (Å²) < 4.78 is 13.6. The van der Waals surface area contributed by atoms with Crippen LogP contribution in [0.1, 0.15) is 63.6 Å². The average Bonchev–Trinajstić information content (AvgIpc) is 3.19. The molecule has 0 bridgehead atoms. The normalized spacial score (nSPS) is 17.6. The van der Waals surface area contributed by atoms with Crippen LogP contribution in [0.5, 0.6) is 11.8 Å². The van der Waals surface area contributed by atoms with Crippen LogP contribution in [0.2, 0.25) is 0 Å². The van der Waals surface area contributed by atoms with Crippen molar-refractivity contribution in [2.24, 2.45) is 0 Å².